The van der Waals surface area contributed by atoms with Crippen LogP contribution in [0.15, 0.2) is 0 Å². The van der Waals surface area contributed by atoms with Crippen LogP contribution in [0.4, 0.5) is 0 Å². The van der Waals surface area contributed by atoms with Crippen molar-refractivity contribution in [1.82, 2.24) is 0 Å². The minimum atomic E-state index is -4.49. The van der Waals surface area contributed by atoms with Crippen LogP contribution in [-0.4, -0.2) is 81.6 Å². The average Bonchev–Trinajstić information content (AvgIpc) is 2.86. The van der Waals surface area contributed by atoms with Crippen LogP contribution in [0.1, 0.15) is 74.7 Å². The molecule has 0 radical (unpaired) electrons. The molecule has 1 aliphatic heterocycles. The number of aliphatic hydroxyl groups is 3. The van der Waals surface area contributed by atoms with E-state index in [2.05, 4.69) is 0 Å². The zero-order valence-corrected chi connectivity index (χ0v) is 22.9. The van der Waals surface area contributed by atoms with E-state index in [0.29, 0.717) is 6.42 Å². The summed E-state index contributed by atoms with van der Waals surface area (Å²) in [4.78, 5) is 10.4. The summed E-state index contributed by atoms with van der Waals surface area (Å²) in [6, 6.07) is -0.529. The van der Waals surface area contributed by atoms with Crippen molar-refractivity contribution in [2.24, 2.45) is 0 Å². The minimum Gasteiger partial charge on any atom is -0.388 e. The number of hydrogen-bond donors (Lipinski definition) is 4. The molecule has 188 valence electrons. The van der Waals surface area contributed by atoms with Gasteiger partial charge in [-0.2, -0.15) is 0 Å². The first kappa shape index (κ1) is 30.3. The van der Waals surface area contributed by atoms with E-state index in [-0.39, 0.29) is 12.8 Å². The van der Waals surface area contributed by atoms with Crippen LogP contribution >= 0.6 is 14.8 Å². The maximum absolute atomic E-state index is 14.0. The van der Waals surface area contributed by atoms with Crippen LogP contribution in [0.2, 0.25) is 0 Å². The van der Waals surface area contributed by atoms with Crippen LogP contribution in [0, 0.1) is 0 Å². The lowest BCUT2D eigenvalue weighted by Gasteiger charge is -2.49. The van der Waals surface area contributed by atoms with Gasteiger partial charge in [-0.1, -0.05) is 13.8 Å². The van der Waals surface area contributed by atoms with Crippen molar-refractivity contribution in [2.45, 2.75) is 121 Å². The van der Waals surface area contributed by atoms with E-state index in [1.807, 2.05) is 6.92 Å². The normalized spacial score (nSPS) is 32.5. The second-order valence-electron chi connectivity index (χ2n) is 10.6. The monoisotopic (exact) mass is 498 g/mol. The quantitative estimate of drug-likeness (QED) is 0.245. The molecule has 0 aromatic rings. The predicted octanol–water partition coefficient (Wildman–Crippen LogP) is 1.35. The van der Waals surface area contributed by atoms with E-state index in [0.717, 1.165) is 0 Å². The van der Waals surface area contributed by atoms with E-state index in [9.17, 15) is 29.3 Å². The van der Waals surface area contributed by atoms with Gasteiger partial charge in [0.15, 0.2) is 12.6 Å². The summed E-state index contributed by atoms with van der Waals surface area (Å²) in [5.41, 5.74) is -2.38. The first-order valence-corrected chi connectivity index (χ1v) is 14.8. The molecule has 0 aromatic heterocycles. The topological polar surface area (TPSA) is 143 Å². The standard InChI is InChI=1S/C19H42B2O9P2/c1-9-18(7,11-12-13(22)14(23)15(20)28-12)30-31(21,25)17(5,6)16(3,4)29-32(26,27)19(8,24)10-2/h12-15,22-24H,9-11,20-21H2,1-8H3,(H,26,27)/t12-,13-,14-,15-,18?,19?,31?/m1/s1. The Morgan fingerprint density at radius 1 is 0.969 bits per heavy atom. The van der Waals surface area contributed by atoms with Gasteiger partial charge in [-0.15, -0.1) is 0 Å². The van der Waals surface area contributed by atoms with Crippen LogP contribution < -0.4 is 0 Å². The summed E-state index contributed by atoms with van der Waals surface area (Å²) in [6.07, 6.45) is -2.13. The third-order valence-electron chi connectivity index (χ3n) is 7.50. The Kier molecular flexibility index (Phi) is 9.25. The van der Waals surface area contributed by atoms with Crippen molar-refractivity contribution in [3.05, 3.63) is 0 Å². The Labute approximate surface area is 194 Å². The highest BCUT2D eigenvalue weighted by molar-refractivity contribution is 7.84. The fourth-order valence-electron chi connectivity index (χ4n) is 3.52. The lowest BCUT2D eigenvalue weighted by atomic mass is 9.90. The highest BCUT2D eigenvalue weighted by atomic mass is 31.2. The van der Waals surface area contributed by atoms with E-state index >= 15 is 0 Å². The summed E-state index contributed by atoms with van der Waals surface area (Å²) in [5.74, 6) is 0. The van der Waals surface area contributed by atoms with Crippen molar-refractivity contribution in [3.63, 3.8) is 0 Å². The highest BCUT2D eigenvalue weighted by Crippen LogP contribution is 2.67. The molecular weight excluding hydrogens is 456 g/mol. The maximum Gasteiger partial charge on any atom is 0.359 e. The molecule has 13 heteroatoms. The van der Waals surface area contributed by atoms with Crippen molar-refractivity contribution in [3.8, 4) is 0 Å². The average molecular weight is 498 g/mol. The maximum atomic E-state index is 14.0. The molecular formula is C19H42B2O9P2. The van der Waals surface area contributed by atoms with Crippen molar-refractivity contribution in [1.29, 1.82) is 0 Å². The van der Waals surface area contributed by atoms with Gasteiger partial charge < -0.3 is 34.0 Å². The Morgan fingerprint density at radius 3 is 1.84 bits per heavy atom. The van der Waals surface area contributed by atoms with Crippen LogP contribution in [0.3, 0.4) is 0 Å². The Hall–Kier alpha value is 0.310. The van der Waals surface area contributed by atoms with Crippen molar-refractivity contribution < 1.29 is 43.1 Å². The summed E-state index contributed by atoms with van der Waals surface area (Å²) in [6.45, 7) is 12.8. The van der Waals surface area contributed by atoms with Crippen LogP contribution in [0.25, 0.3) is 0 Å². The third-order valence-corrected chi connectivity index (χ3v) is 13.1. The van der Waals surface area contributed by atoms with Crippen LogP contribution in [0.5, 0.6) is 0 Å². The molecule has 1 heterocycles. The second-order valence-corrected chi connectivity index (χ2v) is 15.7. The smallest absolute Gasteiger partial charge is 0.359 e. The summed E-state index contributed by atoms with van der Waals surface area (Å²) >= 11 is 0. The van der Waals surface area contributed by atoms with Gasteiger partial charge in [-0.25, -0.2) is 0 Å². The Bertz CT molecular complexity index is 761. The largest absolute Gasteiger partial charge is 0.388 e. The fraction of sp³-hybridized carbons (Fsp3) is 1.00. The van der Waals surface area contributed by atoms with Gasteiger partial charge in [0.25, 0.3) is 0 Å². The second kappa shape index (κ2) is 9.75. The molecule has 1 fully saturated rings. The van der Waals surface area contributed by atoms with E-state index in [1.54, 1.807) is 49.4 Å². The van der Waals surface area contributed by atoms with E-state index in [4.69, 9.17) is 13.8 Å². The van der Waals surface area contributed by atoms with Gasteiger partial charge >= 0.3 is 7.60 Å². The van der Waals surface area contributed by atoms with E-state index < -0.39 is 60.9 Å². The Balaban J connectivity index is 3.17. The minimum absolute atomic E-state index is 0.000529. The van der Waals surface area contributed by atoms with Crippen molar-refractivity contribution >= 4 is 30.3 Å². The number of hydrogen-bond acceptors (Lipinski definition) is 8. The molecule has 8 atom stereocenters. The molecule has 1 rings (SSSR count). The molecule has 0 saturated carbocycles. The molecule has 0 aliphatic carbocycles. The summed E-state index contributed by atoms with van der Waals surface area (Å²) < 4.78 is 44.2. The van der Waals surface area contributed by atoms with Gasteiger partial charge in [-0.3, -0.25) is 9.09 Å². The zero-order valence-electron chi connectivity index (χ0n) is 21.2. The number of rotatable bonds is 11. The van der Waals surface area contributed by atoms with E-state index in [1.165, 1.54) is 14.5 Å². The number of aliphatic hydroxyl groups excluding tert-OH is 2. The molecule has 1 saturated heterocycles. The molecule has 1 aliphatic rings. The molecule has 0 spiro atoms. The lowest BCUT2D eigenvalue weighted by molar-refractivity contribution is -0.0358. The van der Waals surface area contributed by atoms with Crippen LogP contribution in [-0.2, 0) is 22.9 Å². The highest BCUT2D eigenvalue weighted by Gasteiger charge is 2.57. The van der Waals surface area contributed by atoms with Gasteiger partial charge in [0.05, 0.1) is 28.5 Å². The molecule has 0 bridgehead atoms. The fourth-order valence-corrected chi connectivity index (χ4v) is 7.33. The van der Waals surface area contributed by atoms with Gasteiger partial charge in [0.1, 0.15) is 20.1 Å². The Morgan fingerprint density at radius 2 is 1.47 bits per heavy atom. The lowest BCUT2D eigenvalue weighted by Crippen LogP contribution is -2.49. The van der Waals surface area contributed by atoms with Crippen molar-refractivity contribution in [2.75, 3.05) is 0 Å². The third kappa shape index (κ3) is 5.92. The molecule has 9 nitrogen and oxygen atoms in total. The first-order valence-electron chi connectivity index (χ1n) is 11.2. The van der Waals surface area contributed by atoms with Gasteiger partial charge in [0.2, 0.25) is 7.57 Å². The molecule has 4 unspecified atom stereocenters. The molecule has 4 N–H and O–H groups in total. The molecule has 0 aromatic carbocycles. The zero-order chi connectivity index (χ0) is 25.6. The predicted molar refractivity (Wildman–Crippen MR) is 130 cm³/mol. The molecule has 0 amide bonds. The number of ether oxygens (including phenoxy) is 1. The summed E-state index contributed by atoms with van der Waals surface area (Å²) in [5, 5.41) is 27.5. The first-order chi connectivity index (χ1) is 14.1. The van der Waals surface area contributed by atoms with Gasteiger partial charge in [0, 0.05) is 6.42 Å². The SMILES string of the molecule is B[C@@H]1O[C@H](CC(C)(CC)OP(B)(=O)C(C)(C)C(C)(C)OP(=O)(O)C(C)(O)CC)[C@@H](O)[C@H]1O. The summed E-state index contributed by atoms with van der Waals surface area (Å²) in [7, 11) is -4.91. The molecule has 32 heavy (non-hydrogen) atoms. The van der Waals surface area contributed by atoms with Gasteiger partial charge in [-0.05, 0) is 54.4 Å².